The number of aliphatic carboxylic acids is 2. The SMILES string of the molecule is O=C(N[C@@H](CCC(=O)N1c2ccccc2CC1C(=O)O)C(=O)O)OCc1ccccc1. The minimum Gasteiger partial charge on any atom is -0.480 e. The number of nitrogens with one attached hydrogen (secondary N) is 1. The number of anilines is 1. The van der Waals surface area contributed by atoms with E-state index in [9.17, 15) is 29.4 Å². The van der Waals surface area contributed by atoms with Gasteiger partial charge in [-0.3, -0.25) is 9.69 Å². The molecule has 31 heavy (non-hydrogen) atoms. The van der Waals surface area contributed by atoms with E-state index < -0.39 is 36.0 Å². The van der Waals surface area contributed by atoms with E-state index in [4.69, 9.17) is 4.74 Å². The first-order valence-electron chi connectivity index (χ1n) is 9.69. The van der Waals surface area contributed by atoms with Gasteiger partial charge in [0.2, 0.25) is 5.91 Å². The molecule has 2 aromatic carbocycles. The van der Waals surface area contributed by atoms with Crippen LogP contribution in [0.2, 0.25) is 0 Å². The molecule has 162 valence electrons. The number of hydrogen-bond acceptors (Lipinski definition) is 5. The number of para-hydroxylation sites is 1. The van der Waals surface area contributed by atoms with Crippen LogP contribution in [-0.4, -0.2) is 46.2 Å². The zero-order chi connectivity index (χ0) is 22.4. The number of rotatable bonds is 8. The molecule has 2 atom stereocenters. The van der Waals surface area contributed by atoms with E-state index in [1.54, 1.807) is 48.5 Å². The number of alkyl carbamates (subject to hydrolysis) is 1. The number of nitrogens with zero attached hydrogens (tertiary/aromatic N) is 1. The topological polar surface area (TPSA) is 133 Å². The molecule has 0 fully saturated rings. The maximum Gasteiger partial charge on any atom is 0.408 e. The second-order valence-corrected chi connectivity index (χ2v) is 7.09. The predicted octanol–water partition coefficient (Wildman–Crippen LogP) is 2.19. The van der Waals surface area contributed by atoms with Crippen LogP contribution in [0, 0.1) is 0 Å². The molecule has 2 aromatic rings. The Bertz CT molecular complexity index is 977. The first-order valence-corrected chi connectivity index (χ1v) is 9.69. The first kappa shape index (κ1) is 21.8. The number of hydrogen-bond donors (Lipinski definition) is 3. The summed E-state index contributed by atoms with van der Waals surface area (Å²) < 4.78 is 5.02. The summed E-state index contributed by atoms with van der Waals surface area (Å²) in [7, 11) is 0. The third kappa shape index (κ3) is 5.39. The number of fused-ring (bicyclic) bond motifs is 1. The Labute approximate surface area is 178 Å². The van der Waals surface area contributed by atoms with E-state index >= 15 is 0 Å². The molecule has 1 unspecified atom stereocenters. The second kappa shape index (κ2) is 9.75. The maximum absolute atomic E-state index is 12.8. The third-order valence-corrected chi connectivity index (χ3v) is 4.98. The van der Waals surface area contributed by atoms with Gasteiger partial charge < -0.3 is 20.3 Å². The smallest absolute Gasteiger partial charge is 0.408 e. The summed E-state index contributed by atoms with van der Waals surface area (Å²) >= 11 is 0. The lowest BCUT2D eigenvalue weighted by Gasteiger charge is -2.23. The highest BCUT2D eigenvalue weighted by Crippen LogP contribution is 2.32. The van der Waals surface area contributed by atoms with Crippen LogP contribution in [0.1, 0.15) is 24.0 Å². The van der Waals surface area contributed by atoms with Crippen LogP contribution in [0.3, 0.4) is 0 Å². The van der Waals surface area contributed by atoms with E-state index in [2.05, 4.69) is 5.32 Å². The quantitative estimate of drug-likeness (QED) is 0.589. The fraction of sp³-hybridized carbons (Fsp3) is 0.273. The lowest BCUT2D eigenvalue weighted by atomic mass is 10.1. The summed E-state index contributed by atoms with van der Waals surface area (Å²) in [5.41, 5.74) is 1.98. The average molecular weight is 426 g/mol. The molecule has 9 heteroatoms. The molecule has 1 heterocycles. The number of carbonyl (C=O) groups is 4. The molecular weight excluding hydrogens is 404 g/mol. The Morgan fingerprint density at radius 2 is 1.71 bits per heavy atom. The van der Waals surface area contributed by atoms with E-state index in [-0.39, 0.29) is 25.9 Å². The van der Waals surface area contributed by atoms with Gasteiger partial charge in [-0.25, -0.2) is 14.4 Å². The van der Waals surface area contributed by atoms with Crippen LogP contribution in [0.25, 0.3) is 0 Å². The lowest BCUT2D eigenvalue weighted by molar-refractivity contribution is -0.141. The fourth-order valence-corrected chi connectivity index (χ4v) is 3.44. The molecule has 9 nitrogen and oxygen atoms in total. The summed E-state index contributed by atoms with van der Waals surface area (Å²) in [6, 6.07) is 13.4. The van der Waals surface area contributed by atoms with Gasteiger partial charge in [0.25, 0.3) is 0 Å². The molecule has 0 radical (unpaired) electrons. The Balaban J connectivity index is 1.59. The number of amides is 2. The van der Waals surface area contributed by atoms with E-state index in [1.165, 1.54) is 4.90 Å². The van der Waals surface area contributed by atoms with E-state index in [1.807, 2.05) is 6.07 Å². The molecule has 1 aliphatic heterocycles. The molecule has 0 aromatic heterocycles. The van der Waals surface area contributed by atoms with Crippen molar-refractivity contribution >= 4 is 29.6 Å². The van der Waals surface area contributed by atoms with Crippen LogP contribution in [0.15, 0.2) is 54.6 Å². The molecule has 0 aliphatic carbocycles. The summed E-state index contributed by atoms with van der Waals surface area (Å²) in [5, 5.41) is 21.1. The van der Waals surface area contributed by atoms with Crippen molar-refractivity contribution in [1.29, 1.82) is 0 Å². The van der Waals surface area contributed by atoms with Crippen molar-refractivity contribution in [3.63, 3.8) is 0 Å². The molecule has 0 saturated heterocycles. The largest absolute Gasteiger partial charge is 0.480 e. The van der Waals surface area contributed by atoms with Crippen molar-refractivity contribution in [3.8, 4) is 0 Å². The molecule has 0 saturated carbocycles. The van der Waals surface area contributed by atoms with Gasteiger partial charge in [-0.2, -0.15) is 0 Å². The van der Waals surface area contributed by atoms with E-state index in [0.717, 1.165) is 11.1 Å². The minimum atomic E-state index is -1.35. The Morgan fingerprint density at radius 1 is 1.03 bits per heavy atom. The van der Waals surface area contributed by atoms with Gasteiger partial charge in [0.1, 0.15) is 18.7 Å². The van der Waals surface area contributed by atoms with Crippen molar-refractivity contribution in [2.45, 2.75) is 38.0 Å². The predicted molar refractivity (Wildman–Crippen MR) is 109 cm³/mol. The zero-order valence-corrected chi connectivity index (χ0v) is 16.6. The van der Waals surface area contributed by atoms with Crippen molar-refractivity contribution in [2.24, 2.45) is 0 Å². The van der Waals surface area contributed by atoms with Gasteiger partial charge in [-0.15, -0.1) is 0 Å². The van der Waals surface area contributed by atoms with Gasteiger partial charge in [-0.05, 0) is 23.6 Å². The number of ether oxygens (including phenoxy) is 1. The normalized spacial score (nSPS) is 15.6. The van der Waals surface area contributed by atoms with Crippen molar-refractivity contribution in [3.05, 3.63) is 65.7 Å². The molecule has 0 spiro atoms. The summed E-state index contributed by atoms with van der Waals surface area (Å²) in [6.45, 7) is -0.0250. The Morgan fingerprint density at radius 3 is 2.39 bits per heavy atom. The van der Waals surface area contributed by atoms with Crippen molar-refractivity contribution in [2.75, 3.05) is 4.90 Å². The van der Waals surface area contributed by atoms with Gasteiger partial charge in [0, 0.05) is 18.5 Å². The molecule has 3 N–H and O–H groups in total. The fourth-order valence-electron chi connectivity index (χ4n) is 3.44. The maximum atomic E-state index is 12.8. The minimum absolute atomic E-state index is 0.0250. The first-order chi connectivity index (χ1) is 14.9. The highest BCUT2D eigenvalue weighted by atomic mass is 16.5. The van der Waals surface area contributed by atoms with Gasteiger partial charge in [0.15, 0.2) is 0 Å². The number of benzene rings is 2. The Kier molecular flexibility index (Phi) is 6.86. The highest BCUT2D eigenvalue weighted by Gasteiger charge is 2.38. The molecule has 3 rings (SSSR count). The van der Waals surface area contributed by atoms with Crippen LogP contribution in [0.5, 0.6) is 0 Å². The third-order valence-electron chi connectivity index (χ3n) is 4.98. The zero-order valence-electron chi connectivity index (χ0n) is 16.6. The average Bonchev–Trinajstić information content (AvgIpc) is 3.15. The number of carboxylic acid groups (broad SMARTS) is 2. The van der Waals surface area contributed by atoms with Crippen LogP contribution in [-0.2, 0) is 32.1 Å². The highest BCUT2D eigenvalue weighted by molar-refractivity contribution is 6.02. The van der Waals surface area contributed by atoms with Gasteiger partial charge >= 0.3 is 18.0 Å². The van der Waals surface area contributed by atoms with Crippen molar-refractivity contribution < 1.29 is 34.1 Å². The summed E-state index contributed by atoms with van der Waals surface area (Å²) in [6.07, 6.45) is -1.20. The Hall–Kier alpha value is -3.88. The number of carbonyl (C=O) groups excluding carboxylic acids is 2. The molecular formula is C22H22N2O7. The van der Waals surface area contributed by atoms with Crippen LogP contribution < -0.4 is 10.2 Å². The molecule has 1 aliphatic rings. The van der Waals surface area contributed by atoms with E-state index in [0.29, 0.717) is 5.69 Å². The second-order valence-electron chi connectivity index (χ2n) is 7.09. The van der Waals surface area contributed by atoms with Gasteiger partial charge in [-0.1, -0.05) is 48.5 Å². The van der Waals surface area contributed by atoms with Crippen LogP contribution in [0.4, 0.5) is 10.5 Å². The number of carboxylic acids is 2. The molecule has 0 bridgehead atoms. The van der Waals surface area contributed by atoms with Gasteiger partial charge in [0.05, 0.1) is 0 Å². The lowest BCUT2D eigenvalue weighted by Crippen LogP contribution is -2.45. The standard InChI is InChI=1S/C22H22N2O7/c25-19(24-17-9-5-4-8-15(17)12-18(24)21(28)29)11-10-16(20(26)27)23-22(30)31-13-14-6-2-1-3-7-14/h1-9,16,18H,10-13H2,(H,23,30)(H,26,27)(H,28,29)/t16-,18?/m0/s1. The van der Waals surface area contributed by atoms with Crippen LogP contribution >= 0.6 is 0 Å². The molecule has 2 amide bonds. The summed E-state index contributed by atoms with van der Waals surface area (Å²) in [4.78, 5) is 49.1. The van der Waals surface area contributed by atoms with Crippen molar-refractivity contribution in [1.82, 2.24) is 5.32 Å². The summed E-state index contributed by atoms with van der Waals surface area (Å²) in [5.74, 6) is -2.98. The monoisotopic (exact) mass is 426 g/mol.